The van der Waals surface area contributed by atoms with E-state index in [9.17, 15) is 23.6 Å². The fourth-order valence-electron chi connectivity index (χ4n) is 3.20. The molecule has 1 saturated heterocycles. The third-order valence-electron chi connectivity index (χ3n) is 4.85. The van der Waals surface area contributed by atoms with Gasteiger partial charge in [0.05, 0.1) is 17.2 Å². The van der Waals surface area contributed by atoms with Crippen LogP contribution in [0, 0.1) is 5.82 Å². The van der Waals surface area contributed by atoms with Gasteiger partial charge in [0, 0.05) is 13.1 Å². The van der Waals surface area contributed by atoms with Crippen LogP contribution in [-0.4, -0.2) is 57.6 Å². The molecule has 4 amide bonds. The van der Waals surface area contributed by atoms with Crippen molar-refractivity contribution in [3.8, 4) is 0 Å². The summed E-state index contributed by atoms with van der Waals surface area (Å²) in [5, 5.41) is 2.63. The van der Waals surface area contributed by atoms with Crippen LogP contribution in [-0.2, 0) is 14.4 Å². The molecule has 34 heavy (non-hydrogen) atoms. The van der Waals surface area contributed by atoms with Crippen molar-refractivity contribution in [3.05, 3.63) is 71.7 Å². The molecule has 8 nitrogen and oxygen atoms in total. The van der Waals surface area contributed by atoms with E-state index in [0.717, 1.165) is 34.0 Å². The number of benzene rings is 2. The Morgan fingerprint density at radius 2 is 1.85 bits per heavy atom. The van der Waals surface area contributed by atoms with Crippen LogP contribution in [0.2, 0.25) is 0 Å². The van der Waals surface area contributed by atoms with Gasteiger partial charge in [-0.2, -0.15) is 0 Å². The summed E-state index contributed by atoms with van der Waals surface area (Å²) < 4.78 is 13.4. The Morgan fingerprint density at radius 1 is 1.12 bits per heavy atom. The van der Waals surface area contributed by atoms with Gasteiger partial charge in [-0.1, -0.05) is 53.9 Å². The monoisotopic (exact) mass is 498 g/mol. The number of anilines is 1. The van der Waals surface area contributed by atoms with Crippen LogP contribution in [0.5, 0.6) is 0 Å². The number of carbonyl (C=O) groups is 4. The van der Waals surface area contributed by atoms with E-state index in [-0.39, 0.29) is 58.4 Å². The highest BCUT2D eigenvalue weighted by atomic mass is 32.2. The van der Waals surface area contributed by atoms with Crippen LogP contribution >= 0.6 is 23.5 Å². The first-order valence-electron chi connectivity index (χ1n) is 10.2. The van der Waals surface area contributed by atoms with Crippen LogP contribution < -0.4 is 10.2 Å². The Morgan fingerprint density at radius 3 is 2.53 bits per heavy atom. The van der Waals surface area contributed by atoms with E-state index in [4.69, 9.17) is 0 Å². The van der Waals surface area contributed by atoms with Crippen molar-refractivity contribution in [2.24, 2.45) is 4.99 Å². The van der Waals surface area contributed by atoms with E-state index in [2.05, 4.69) is 10.3 Å². The van der Waals surface area contributed by atoms with Crippen molar-refractivity contribution in [2.45, 2.75) is 0 Å². The molecule has 2 heterocycles. The molecule has 2 aliphatic rings. The van der Waals surface area contributed by atoms with E-state index in [1.165, 1.54) is 29.2 Å². The number of aliphatic imine (C=N–C) groups is 1. The van der Waals surface area contributed by atoms with Gasteiger partial charge in [-0.25, -0.2) is 9.38 Å². The molecule has 0 atom stereocenters. The van der Waals surface area contributed by atoms with Crippen molar-refractivity contribution in [1.29, 1.82) is 0 Å². The lowest BCUT2D eigenvalue weighted by Gasteiger charge is -2.18. The fraction of sp³-hybridized carbons (Fsp3) is 0.174. The third-order valence-corrected chi connectivity index (χ3v) is 6.65. The molecule has 2 aromatic carbocycles. The van der Waals surface area contributed by atoms with E-state index in [1.54, 1.807) is 6.08 Å². The number of hydrogen-bond acceptors (Lipinski definition) is 7. The zero-order chi connectivity index (χ0) is 24.1. The molecule has 0 aromatic heterocycles. The van der Waals surface area contributed by atoms with E-state index in [1.807, 2.05) is 30.3 Å². The average Bonchev–Trinajstić information content (AvgIpc) is 3.32. The summed E-state index contributed by atoms with van der Waals surface area (Å²) in [6.45, 7) is 0.232. The topological polar surface area (TPSA) is 99.2 Å². The van der Waals surface area contributed by atoms with Gasteiger partial charge in [0.15, 0.2) is 5.17 Å². The zero-order valence-electron chi connectivity index (χ0n) is 17.8. The number of nitrogens with zero attached hydrogens (tertiary/aromatic N) is 3. The molecule has 0 unspecified atom stereocenters. The quantitative estimate of drug-likeness (QED) is 0.589. The maximum Gasteiger partial charge on any atom is 0.288 e. The molecule has 0 bridgehead atoms. The van der Waals surface area contributed by atoms with E-state index < -0.39 is 5.82 Å². The first-order chi connectivity index (χ1) is 16.4. The van der Waals surface area contributed by atoms with Gasteiger partial charge < -0.3 is 5.32 Å². The lowest BCUT2D eigenvalue weighted by Crippen LogP contribution is -2.38. The van der Waals surface area contributed by atoms with Gasteiger partial charge in [-0.3, -0.25) is 29.0 Å². The highest BCUT2D eigenvalue weighted by molar-refractivity contribution is 8.15. The Bertz CT molecular complexity index is 1170. The Labute approximate surface area is 203 Å². The molecule has 4 rings (SSSR count). The van der Waals surface area contributed by atoms with Crippen molar-refractivity contribution < 1.29 is 23.6 Å². The number of thioether (sulfide) groups is 2. The standard InChI is InChI=1S/C23H19FN4O4S2/c24-16-6-8-17(9-7-16)28-21(31)18(12-15-4-2-1-3-5-15)26-22(28)33-13-19(29)25-10-11-27-20(30)14-34-23(27)32/h1-9,12H,10-11,13-14H2,(H,25,29). The predicted octanol–water partition coefficient (Wildman–Crippen LogP) is 3.11. The highest BCUT2D eigenvalue weighted by Gasteiger charge is 2.33. The molecule has 0 saturated carbocycles. The van der Waals surface area contributed by atoms with Crippen molar-refractivity contribution in [2.75, 3.05) is 29.5 Å². The summed E-state index contributed by atoms with van der Waals surface area (Å²) in [7, 11) is 0. The molecule has 0 radical (unpaired) electrons. The number of halogens is 1. The van der Waals surface area contributed by atoms with Gasteiger partial charge in [-0.15, -0.1) is 0 Å². The highest BCUT2D eigenvalue weighted by Crippen LogP contribution is 2.29. The van der Waals surface area contributed by atoms with Gasteiger partial charge in [0.2, 0.25) is 11.8 Å². The molecular formula is C23H19FN4O4S2. The summed E-state index contributed by atoms with van der Waals surface area (Å²) in [6.07, 6.45) is 1.65. The van der Waals surface area contributed by atoms with Gasteiger partial charge >= 0.3 is 0 Å². The second-order valence-corrected chi connectivity index (χ2v) is 9.06. The SMILES string of the molecule is O=C(CSC1=NC(=Cc2ccccc2)C(=O)N1c1ccc(F)cc1)NCCN1C(=O)CSC1=O. The Balaban J connectivity index is 1.43. The zero-order valence-corrected chi connectivity index (χ0v) is 19.4. The smallest absolute Gasteiger partial charge is 0.288 e. The molecule has 2 aliphatic heterocycles. The minimum absolute atomic E-state index is 0.0426. The molecule has 11 heteroatoms. The summed E-state index contributed by atoms with van der Waals surface area (Å²) in [5.41, 5.74) is 1.42. The van der Waals surface area contributed by atoms with Gasteiger partial charge in [-0.05, 0) is 35.9 Å². The largest absolute Gasteiger partial charge is 0.354 e. The van der Waals surface area contributed by atoms with Crippen molar-refractivity contribution in [3.63, 3.8) is 0 Å². The molecule has 2 aromatic rings. The minimum atomic E-state index is -0.436. The van der Waals surface area contributed by atoms with Gasteiger partial charge in [0.1, 0.15) is 11.5 Å². The number of hydrogen-bond donors (Lipinski definition) is 1. The number of rotatable bonds is 7. The normalized spacial score (nSPS) is 17.0. The number of amides is 4. The summed E-state index contributed by atoms with van der Waals surface area (Å²) in [4.78, 5) is 55.5. The van der Waals surface area contributed by atoms with Crippen molar-refractivity contribution >= 4 is 63.4 Å². The summed E-state index contributed by atoms with van der Waals surface area (Å²) in [6, 6.07) is 14.7. The molecule has 0 aliphatic carbocycles. The number of amidine groups is 1. The second kappa shape index (κ2) is 10.7. The molecule has 1 N–H and O–H groups in total. The Kier molecular flexibility index (Phi) is 7.43. The summed E-state index contributed by atoms with van der Waals surface area (Å²) in [5.74, 6) is -1.36. The minimum Gasteiger partial charge on any atom is -0.354 e. The second-order valence-electron chi connectivity index (χ2n) is 7.19. The maximum atomic E-state index is 13.4. The van der Waals surface area contributed by atoms with E-state index >= 15 is 0 Å². The van der Waals surface area contributed by atoms with Crippen LogP contribution in [0.15, 0.2) is 65.3 Å². The lowest BCUT2D eigenvalue weighted by atomic mass is 10.2. The first kappa shape index (κ1) is 23.7. The van der Waals surface area contributed by atoms with Crippen LogP contribution in [0.4, 0.5) is 14.9 Å². The fourth-order valence-corrected chi connectivity index (χ4v) is 4.80. The predicted molar refractivity (Wildman–Crippen MR) is 131 cm³/mol. The van der Waals surface area contributed by atoms with Gasteiger partial charge in [0.25, 0.3) is 11.1 Å². The number of carbonyl (C=O) groups excluding carboxylic acids is 4. The summed E-state index contributed by atoms with van der Waals surface area (Å²) >= 11 is 2.00. The number of nitrogens with one attached hydrogen (secondary N) is 1. The first-order valence-corrected chi connectivity index (χ1v) is 12.2. The molecule has 1 fully saturated rings. The average molecular weight is 499 g/mol. The third kappa shape index (κ3) is 5.54. The van der Waals surface area contributed by atoms with E-state index in [0.29, 0.717) is 5.69 Å². The molecule has 0 spiro atoms. The van der Waals surface area contributed by atoms with Crippen LogP contribution in [0.1, 0.15) is 5.56 Å². The van der Waals surface area contributed by atoms with Crippen LogP contribution in [0.3, 0.4) is 0 Å². The Hall–Kier alpha value is -3.44. The van der Waals surface area contributed by atoms with Crippen molar-refractivity contribution in [1.82, 2.24) is 10.2 Å². The number of imide groups is 1. The molecular weight excluding hydrogens is 479 g/mol. The van der Waals surface area contributed by atoms with Crippen LogP contribution in [0.25, 0.3) is 6.08 Å². The molecule has 174 valence electrons. The lowest BCUT2D eigenvalue weighted by molar-refractivity contribution is -0.125. The maximum absolute atomic E-state index is 13.4.